The predicted octanol–water partition coefficient (Wildman–Crippen LogP) is 3.52. The number of nitrogens with zero attached hydrogens (tertiary/aromatic N) is 3. The molecule has 2 aliphatic heterocycles. The zero-order valence-corrected chi connectivity index (χ0v) is 25.9. The number of rotatable bonds is 14. The van der Waals surface area contributed by atoms with Gasteiger partial charge in [0.05, 0.1) is 46.2 Å². The Morgan fingerprint density at radius 2 is 1.10 bits per heavy atom. The topological polar surface area (TPSA) is 116 Å². The number of methoxy groups -OCH3 is 1. The van der Waals surface area contributed by atoms with Crippen LogP contribution in [0.15, 0.2) is 0 Å². The molecule has 11 nitrogen and oxygen atoms in total. The quantitative estimate of drug-likeness (QED) is 0.275. The van der Waals surface area contributed by atoms with Gasteiger partial charge in [0.15, 0.2) is 0 Å². The molecule has 2 fully saturated rings. The van der Waals surface area contributed by atoms with Gasteiger partial charge in [-0.3, -0.25) is 0 Å². The lowest BCUT2D eigenvalue weighted by atomic mass is 9.78. The fraction of sp³-hybridized carbons (Fsp3) is 0.964. The van der Waals surface area contributed by atoms with E-state index >= 15 is 0 Å². The first-order valence-electron chi connectivity index (χ1n) is 14.3. The van der Waals surface area contributed by atoms with Crippen LogP contribution in [0.25, 0.3) is 0 Å². The molecule has 230 valence electrons. The second-order valence-corrected chi connectivity index (χ2v) is 13.5. The summed E-state index contributed by atoms with van der Waals surface area (Å²) in [4.78, 5) is 15.7. The Morgan fingerprint density at radius 3 is 1.54 bits per heavy atom. The summed E-state index contributed by atoms with van der Waals surface area (Å²) in [5.41, 5.74) is -1.91. The van der Waals surface area contributed by atoms with E-state index in [-0.39, 0.29) is 18.1 Å². The van der Waals surface area contributed by atoms with Gasteiger partial charge in [-0.2, -0.15) is 10.1 Å². The van der Waals surface area contributed by atoms with Crippen molar-refractivity contribution in [2.24, 2.45) is 0 Å². The van der Waals surface area contributed by atoms with Gasteiger partial charge in [0.2, 0.25) is 0 Å². The molecule has 0 atom stereocenters. The summed E-state index contributed by atoms with van der Waals surface area (Å²) in [6.07, 6.45) is 2.56. The van der Waals surface area contributed by atoms with E-state index in [2.05, 4.69) is 5.32 Å². The van der Waals surface area contributed by atoms with Crippen LogP contribution < -0.4 is 5.32 Å². The van der Waals surface area contributed by atoms with Crippen molar-refractivity contribution in [1.82, 2.24) is 20.3 Å². The van der Waals surface area contributed by atoms with Crippen LogP contribution in [0.3, 0.4) is 0 Å². The summed E-state index contributed by atoms with van der Waals surface area (Å²) < 4.78 is 21.7. The molecule has 39 heavy (non-hydrogen) atoms. The fourth-order valence-electron chi connectivity index (χ4n) is 6.37. The van der Waals surface area contributed by atoms with Crippen molar-refractivity contribution in [3.8, 4) is 0 Å². The van der Waals surface area contributed by atoms with E-state index in [1.54, 1.807) is 7.11 Å². The molecule has 2 aliphatic rings. The summed E-state index contributed by atoms with van der Waals surface area (Å²) in [6, 6.07) is -0.275. The summed E-state index contributed by atoms with van der Waals surface area (Å²) in [6.45, 7) is 19.8. The standard InChI is InChI=1S/C28H56N4O7/c1-25(2)18-22(19-26(3,4)31(25)34)29-24(33)30(23-20-27(5,6)32(35)28(7,8)21-23)10-11-37-14-15-39-17-16-38-13-12-36-9/h22-23,34-35H,10-21H2,1-9H3,(H,29,33). The fourth-order valence-corrected chi connectivity index (χ4v) is 6.37. The van der Waals surface area contributed by atoms with E-state index in [0.717, 1.165) is 0 Å². The first-order valence-corrected chi connectivity index (χ1v) is 14.3. The van der Waals surface area contributed by atoms with Gasteiger partial charge in [-0.1, -0.05) is 0 Å². The van der Waals surface area contributed by atoms with Crippen molar-refractivity contribution in [2.45, 2.75) is 115 Å². The Hall–Kier alpha value is -1.05. The molecule has 0 spiro atoms. The maximum absolute atomic E-state index is 13.8. The van der Waals surface area contributed by atoms with Crippen LogP contribution in [-0.4, -0.2) is 126 Å². The summed E-state index contributed by atoms with van der Waals surface area (Å²) >= 11 is 0. The average Bonchev–Trinajstić information content (AvgIpc) is 2.80. The Labute approximate surface area is 236 Å². The lowest BCUT2D eigenvalue weighted by molar-refractivity contribution is -0.251. The second-order valence-electron chi connectivity index (χ2n) is 13.5. The molecule has 0 aromatic rings. The van der Waals surface area contributed by atoms with Gasteiger partial charge >= 0.3 is 6.03 Å². The van der Waals surface area contributed by atoms with E-state index in [1.807, 2.05) is 60.3 Å². The Balaban J connectivity index is 1.99. The summed E-state index contributed by atoms with van der Waals surface area (Å²) in [5.74, 6) is 0. The zero-order valence-electron chi connectivity index (χ0n) is 25.9. The largest absolute Gasteiger partial charge is 0.382 e. The molecule has 0 radical (unpaired) electrons. The van der Waals surface area contributed by atoms with Gasteiger partial charge in [-0.05, 0) is 81.1 Å². The number of amides is 2. The van der Waals surface area contributed by atoms with Crippen molar-refractivity contribution < 1.29 is 34.2 Å². The number of hydrogen-bond acceptors (Lipinski definition) is 9. The third-order valence-corrected chi connectivity index (χ3v) is 7.94. The number of piperidine rings is 2. The SMILES string of the molecule is COCCOCCOCCOCCN(C(=O)NC1CC(C)(C)N(O)C(C)(C)C1)C1CC(C)(C)N(O)C(C)(C)C1. The van der Waals surface area contributed by atoms with Gasteiger partial charge in [0, 0.05) is 47.9 Å². The number of carbonyl (C=O) groups excluding carboxylic acids is 1. The Kier molecular flexibility index (Phi) is 12.5. The number of carbonyl (C=O) groups is 1. The minimum atomic E-state index is -0.489. The molecule has 11 heteroatoms. The predicted molar refractivity (Wildman–Crippen MR) is 149 cm³/mol. The van der Waals surface area contributed by atoms with Gasteiger partial charge in [0.1, 0.15) is 0 Å². The number of hydroxylamine groups is 4. The van der Waals surface area contributed by atoms with Crippen LogP contribution >= 0.6 is 0 Å². The van der Waals surface area contributed by atoms with Gasteiger partial charge < -0.3 is 39.6 Å². The van der Waals surface area contributed by atoms with E-state index in [0.29, 0.717) is 78.5 Å². The van der Waals surface area contributed by atoms with Crippen molar-refractivity contribution in [1.29, 1.82) is 0 Å². The lowest BCUT2D eigenvalue weighted by Crippen LogP contribution is -2.66. The normalized spacial score (nSPS) is 23.6. The maximum Gasteiger partial charge on any atom is 0.317 e. The first-order chi connectivity index (χ1) is 18.0. The van der Waals surface area contributed by atoms with Crippen LogP contribution in [0.5, 0.6) is 0 Å². The number of ether oxygens (including phenoxy) is 4. The lowest BCUT2D eigenvalue weighted by Gasteiger charge is -2.54. The van der Waals surface area contributed by atoms with Crippen molar-refractivity contribution >= 4 is 6.03 Å². The highest BCUT2D eigenvalue weighted by Gasteiger charge is 2.49. The second kappa shape index (κ2) is 14.2. The van der Waals surface area contributed by atoms with E-state index in [9.17, 15) is 15.2 Å². The van der Waals surface area contributed by atoms with Crippen LogP contribution in [0, 0.1) is 0 Å². The molecule has 0 saturated carbocycles. The van der Waals surface area contributed by atoms with Crippen molar-refractivity contribution in [3.63, 3.8) is 0 Å². The first kappa shape index (κ1) is 34.2. The zero-order chi connectivity index (χ0) is 29.5. The molecule has 2 rings (SSSR count). The number of urea groups is 1. The van der Waals surface area contributed by atoms with Crippen LogP contribution in [0.4, 0.5) is 4.79 Å². The molecule has 0 aromatic carbocycles. The molecule has 3 N–H and O–H groups in total. The van der Waals surface area contributed by atoms with Crippen molar-refractivity contribution in [3.05, 3.63) is 0 Å². The van der Waals surface area contributed by atoms with Crippen LogP contribution in [0.1, 0.15) is 81.1 Å². The van der Waals surface area contributed by atoms with Gasteiger partial charge in [-0.15, -0.1) is 0 Å². The minimum absolute atomic E-state index is 0.0681. The molecule has 0 unspecified atom stereocenters. The highest BCUT2D eigenvalue weighted by atomic mass is 16.6. The van der Waals surface area contributed by atoms with Gasteiger partial charge in [-0.25, -0.2) is 4.79 Å². The minimum Gasteiger partial charge on any atom is -0.382 e. The molecule has 2 amide bonds. The maximum atomic E-state index is 13.8. The number of nitrogens with one attached hydrogen (secondary N) is 1. The monoisotopic (exact) mass is 560 g/mol. The third kappa shape index (κ3) is 9.78. The molecular formula is C28H56N4O7. The summed E-state index contributed by atoms with van der Waals surface area (Å²) in [7, 11) is 1.64. The summed E-state index contributed by atoms with van der Waals surface area (Å²) in [5, 5.41) is 27.6. The Bertz CT molecular complexity index is 726. The average molecular weight is 561 g/mol. The van der Waals surface area contributed by atoms with E-state index < -0.39 is 22.2 Å². The van der Waals surface area contributed by atoms with Gasteiger partial charge in [0.25, 0.3) is 0 Å². The molecule has 2 heterocycles. The highest BCUT2D eigenvalue weighted by molar-refractivity contribution is 5.75. The third-order valence-electron chi connectivity index (χ3n) is 7.94. The number of hydrogen-bond donors (Lipinski definition) is 3. The smallest absolute Gasteiger partial charge is 0.317 e. The van der Waals surface area contributed by atoms with Crippen LogP contribution in [-0.2, 0) is 18.9 Å². The van der Waals surface area contributed by atoms with E-state index in [4.69, 9.17) is 18.9 Å². The molecule has 0 aliphatic carbocycles. The molecular weight excluding hydrogens is 504 g/mol. The molecule has 0 aromatic heterocycles. The van der Waals surface area contributed by atoms with Crippen LogP contribution in [0.2, 0.25) is 0 Å². The molecule has 2 saturated heterocycles. The van der Waals surface area contributed by atoms with E-state index in [1.165, 1.54) is 10.1 Å². The highest BCUT2D eigenvalue weighted by Crippen LogP contribution is 2.39. The van der Waals surface area contributed by atoms with Crippen molar-refractivity contribution in [2.75, 3.05) is 59.9 Å². The Morgan fingerprint density at radius 1 is 0.718 bits per heavy atom. The molecule has 0 bridgehead atoms.